The normalized spacial score (nSPS) is 27.4. The molecular weight excluding hydrogens is 391 g/mol. The fourth-order valence-electron chi connectivity index (χ4n) is 4.22. The number of nitrogens with one attached hydrogen (secondary N) is 1. The summed E-state index contributed by atoms with van der Waals surface area (Å²) in [4.78, 5) is 27.9. The van der Waals surface area contributed by atoms with E-state index in [2.05, 4.69) is 10.1 Å². The maximum atomic E-state index is 12.9. The molecule has 3 atom stereocenters. The van der Waals surface area contributed by atoms with Crippen LogP contribution in [0.3, 0.4) is 0 Å². The zero-order valence-electron chi connectivity index (χ0n) is 15.7. The van der Waals surface area contributed by atoms with E-state index in [1.807, 2.05) is 0 Å². The zero-order chi connectivity index (χ0) is 20.6. The van der Waals surface area contributed by atoms with Crippen LogP contribution in [0.4, 0.5) is 18.0 Å². The van der Waals surface area contributed by atoms with Crippen LogP contribution in [-0.2, 0) is 9.53 Å². The largest absolute Gasteiger partial charge is 0.573 e. The highest BCUT2D eigenvalue weighted by Crippen LogP contribution is 2.31. The highest BCUT2D eigenvalue weighted by atomic mass is 19.4. The number of nitrogens with zero attached hydrogens (tertiary/aromatic N) is 2. The number of hydrogen-bond acceptors (Lipinski definition) is 4. The molecule has 0 unspecified atom stereocenters. The molecule has 0 radical (unpaired) electrons. The van der Waals surface area contributed by atoms with Gasteiger partial charge in [0.05, 0.1) is 12.1 Å². The number of urea groups is 1. The molecule has 10 heteroatoms. The Hall–Kier alpha value is -2.49. The van der Waals surface area contributed by atoms with Crippen LogP contribution in [0.25, 0.3) is 0 Å². The molecule has 1 N–H and O–H groups in total. The van der Waals surface area contributed by atoms with Crippen molar-refractivity contribution in [3.05, 3.63) is 29.8 Å². The van der Waals surface area contributed by atoms with E-state index in [1.165, 1.54) is 12.1 Å². The summed E-state index contributed by atoms with van der Waals surface area (Å²) in [5.74, 6) is -0.360. The van der Waals surface area contributed by atoms with E-state index >= 15 is 0 Å². The first-order valence-electron chi connectivity index (χ1n) is 9.59. The number of morpholine rings is 1. The van der Waals surface area contributed by atoms with Gasteiger partial charge in [-0.15, -0.1) is 13.2 Å². The van der Waals surface area contributed by atoms with Gasteiger partial charge in [-0.25, -0.2) is 4.79 Å². The first-order chi connectivity index (χ1) is 13.8. The van der Waals surface area contributed by atoms with Gasteiger partial charge in [0.15, 0.2) is 0 Å². The second-order valence-corrected chi connectivity index (χ2v) is 7.59. The number of rotatable bonds is 2. The lowest BCUT2D eigenvalue weighted by Gasteiger charge is -2.42. The van der Waals surface area contributed by atoms with Gasteiger partial charge >= 0.3 is 12.4 Å². The smallest absolute Gasteiger partial charge is 0.406 e. The summed E-state index contributed by atoms with van der Waals surface area (Å²) in [6.45, 7) is 2.14. The van der Waals surface area contributed by atoms with Crippen molar-refractivity contribution in [3.63, 3.8) is 0 Å². The Morgan fingerprint density at radius 3 is 2.52 bits per heavy atom. The number of alkyl halides is 3. The van der Waals surface area contributed by atoms with E-state index in [9.17, 15) is 22.8 Å². The molecule has 3 aliphatic rings. The predicted molar refractivity (Wildman–Crippen MR) is 95.3 cm³/mol. The lowest BCUT2D eigenvalue weighted by molar-refractivity contribution is -0.274. The van der Waals surface area contributed by atoms with Crippen LogP contribution in [-0.4, -0.2) is 73.0 Å². The van der Waals surface area contributed by atoms with Gasteiger partial charge in [0.25, 0.3) is 0 Å². The monoisotopic (exact) mass is 413 g/mol. The molecule has 0 spiro atoms. The summed E-state index contributed by atoms with van der Waals surface area (Å²) < 4.78 is 46.3. The van der Waals surface area contributed by atoms with E-state index in [4.69, 9.17) is 4.74 Å². The van der Waals surface area contributed by atoms with Crippen LogP contribution in [0.15, 0.2) is 24.3 Å². The Kier molecular flexibility index (Phi) is 5.28. The molecule has 3 heterocycles. The highest BCUT2D eigenvalue weighted by Gasteiger charge is 2.39. The number of fused-ring (bicyclic) bond motifs is 1. The highest BCUT2D eigenvalue weighted by molar-refractivity contribution is 5.79. The number of halogens is 3. The molecule has 0 aliphatic carbocycles. The second-order valence-electron chi connectivity index (χ2n) is 7.59. The molecule has 0 saturated carbocycles. The fourth-order valence-corrected chi connectivity index (χ4v) is 4.22. The van der Waals surface area contributed by atoms with Gasteiger partial charge in [-0.1, -0.05) is 12.1 Å². The first kappa shape index (κ1) is 19.8. The summed E-state index contributed by atoms with van der Waals surface area (Å²) in [5, 5.41) is 2.88. The van der Waals surface area contributed by atoms with Crippen LogP contribution in [0, 0.1) is 0 Å². The summed E-state index contributed by atoms with van der Waals surface area (Å²) >= 11 is 0. The molecule has 0 aromatic heterocycles. The summed E-state index contributed by atoms with van der Waals surface area (Å²) in [5.41, 5.74) is 0.876. The standard InChI is InChI=1S/C19H22F3N3O4/c20-19(21,22)29-14-3-1-12(2-4-14)13-5-7-24(9-13)18(27)25-8-6-16-15(10-25)23-17(26)11-28-16/h1-4,13,15-16H,5-11H2,(H,23,26)/t13-,15-,16+/m1/s1. The molecular formula is C19H22F3N3O4. The Morgan fingerprint density at radius 2 is 1.79 bits per heavy atom. The Balaban J connectivity index is 1.33. The third-order valence-electron chi connectivity index (χ3n) is 5.64. The fraction of sp³-hybridized carbons (Fsp3) is 0.579. The maximum absolute atomic E-state index is 12.9. The van der Waals surface area contributed by atoms with Crippen LogP contribution in [0.2, 0.25) is 0 Å². The molecule has 4 rings (SSSR count). The van der Waals surface area contributed by atoms with Crippen LogP contribution in [0.1, 0.15) is 24.3 Å². The number of carbonyl (C=O) groups is 2. The number of piperidine rings is 1. The number of carbonyl (C=O) groups excluding carboxylic acids is 2. The van der Waals surface area contributed by atoms with E-state index in [0.717, 1.165) is 12.0 Å². The Morgan fingerprint density at radius 1 is 1.10 bits per heavy atom. The van der Waals surface area contributed by atoms with E-state index < -0.39 is 6.36 Å². The van der Waals surface area contributed by atoms with Crippen molar-refractivity contribution in [3.8, 4) is 5.75 Å². The van der Waals surface area contributed by atoms with Crippen molar-refractivity contribution in [2.75, 3.05) is 32.8 Å². The summed E-state index contributed by atoms with van der Waals surface area (Å²) in [6.07, 6.45) is -3.35. The molecule has 158 valence electrons. The van der Waals surface area contributed by atoms with E-state index in [-0.39, 0.29) is 42.4 Å². The summed E-state index contributed by atoms with van der Waals surface area (Å²) in [7, 11) is 0. The van der Waals surface area contributed by atoms with Crippen LogP contribution in [0.5, 0.6) is 5.75 Å². The minimum Gasteiger partial charge on any atom is -0.406 e. The molecule has 29 heavy (non-hydrogen) atoms. The molecule has 3 amide bonds. The topological polar surface area (TPSA) is 71.1 Å². The van der Waals surface area contributed by atoms with E-state index in [0.29, 0.717) is 32.6 Å². The van der Waals surface area contributed by atoms with Gasteiger partial charge in [-0.3, -0.25) is 4.79 Å². The van der Waals surface area contributed by atoms with Crippen molar-refractivity contribution in [1.82, 2.24) is 15.1 Å². The van der Waals surface area contributed by atoms with Crippen molar-refractivity contribution in [1.29, 1.82) is 0 Å². The van der Waals surface area contributed by atoms with Crippen molar-refractivity contribution >= 4 is 11.9 Å². The van der Waals surface area contributed by atoms with Gasteiger partial charge in [0.1, 0.15) is 12.4 Å². The van der Waals surface area contributed by atoms with Gasteiger partial charge in [-0.2, -0.15) is 0 Å². The third-order valence-corrected chi connectivity index (χ3v) is 5.64. The average Bonchev–Trinajstić information content (AvgIpc) is 3.16. The molecule has 7 nitrogen and oxygen atoms in total. The van der Waals surface area contributed by atoms with E-state index in [1.54, 1.807) is 21.9 Å². The Bertz CT molecular complexity index is 771. The minimum absolute atomic E-state index is 0.0551. The molecule has 3 saturated heterocycles. The zero-order valence-corrected chi connectivity index (χ0v) is 15.7. The summed E-state index contributed by atoms with van der Waals surface area (Å²) in [6, 6.07) is 5.55. The molecule has 1 aromatic rings. The molecule has 3 fully saturated rings. The lowest BCUT2D eigenvalue weighted by Crippen LogP contribution is -2.62. The van der Waals surface area contributed by atoms with Gasteiger partial charge in [-0.05, 0) is 30.5 Å². The van der Waals surface area contributed by atoms with Crippen LogP contribution >= 0.6 is 0 Å². The number of ether oxygens (including phenoxy) is 2. The second kappa shape index (κ2) is 7.74. The van der Waals surface area contributed by atoms with Crippen molar-refractivity contribution in [2.45, 2.75) is 37.3 Å². The quantitative estimate of drug-likeness (QED) is 0.806. The lowest BCUT2D eigenvalue weighted by atomic mass is 9.98. The number of likely N-dealkylation sites (tertiary alicyclic amines) is 2. The number of hydrogen-bond donors (Lipinski definition) is 1. The third kappa shape index (κ3) is 4.58. The van der Waals surface area contributed by atoms with Gasteiger partial charge < -0.3 is 24.6 Å². The van der Waals surface area contributed by atoms with Gasteiger partial charge in [0.2, 0.25) is 5.91 Å². The Labute approximate surface area is 165 Å². The number of benzene rings is 1. The minimum atomic E-state index is -4.71. The molecule has 1 aromatic carbocycles. The molecule has 0 bridgehead atoms. The first-order valence-corrected chi connectivity index (χ1v) is 9.59. The average molecular weight is 413 g/mol. The van der Waals surface area contributed by atoms with Crippen molar-refractivity contribution in [2.24, 2.45) is 0 Å². The SMILES string of the molecule is O=C1CO[C@H]2CCN(C(=O)N3CC[C@@H](c4ccc(OC(F)(F)F)cc4)C3)C[C@H]2N1. The number of amides is 3. The predicted octanol–water partition coefficient (Wildman–Crippen LogP) is 2.08. The van der Waals surface area contributed by atoms with Crippen molar-refractivity contribution < 1.29 is 32.2 Å². The maximum Gasteiger partial charge on any atom is 0.573 e. The molecule has 3 aliphatic heterocycles. The van der Waals surface area contributed by atoms with Crippen LogP contribution < -0.4 is 10.1 Å². The van der Waals surface area contributed by atoms with Gasteiger partial charge in [0, 0.05) is 32.1 Å².